The Morgan fingerprint density at radius 1 is 0.714 bits per heavy atom. The van der Waals surface area contributed by atoms with E-state index in [4.69, 9.17) is 20.3 Å². The van der Waals surface area contributed by atoms with E-state index in [-0.39, 0.29) is 57.0 Å². The van der Waals surface area contributed by atoms with Gasteiger partial charge in [-0.05, 0) is 81.8 Å². The highest BCUT2D eigenvalue weighted by Crippen LogP contribution is 2.23. The Bertz CT molecular complexity index is 1750. The molecule has 0 saturated heterocycles. The van der Waals surface area contributed by atoms with Crippen LogP contribution in [0.5, 0.6) is 0 Å². The average molecular weight is 882 g/mol. The van der Waals surface area contributed by atoms with Crippen LogP contribution in [-0.4, -0.2) is 103 Å². The molecular weight excluding hydrogens is 811 g/mol. The van der Waals surface area contributed by atoms with Crippen molar-refractivity contribution >= 4 is 47.3 Å². The molecule has 0 aliphatic carbocycles. The molecule has 0 aliphatic rings. The predicted octanol–water partition coefficient (Wildman–Crippen LogP) is 4.71. The number of carbonyl (C=O) groups excluding carboxylic acids is 6. The van der Waals surface area contributed by atoms with Gasteiger partial charge in [-0.3, -0.25) is 24.0 Å². The van der Waals surface area contributed by atoms with Crippen molar-refractivity contribution in [3.05, 3.63) is 54.1 Å². The number of aliphatic carboxylic acids is 1. The maximum absolute atomic E-state index is 14.0. The van der Waals surface area contributed by atoms with Gasteiger partial charge in [-0.15, -0.1) is 0 Å². The number of carboxylic acids is 1. The zero-order valence-corrected chi connectivity index (χ0v) is 37.9. The Hall–Kier alpha value is -5.55. The van der Waals surface area contributed by atoms with E-state index in [1.165, 1.54) is 32.6 Å². The van der Waals surface area contributed by atoms with Crippen LogP contribution < -0.4 is 37.6 Å². The van der Waals surface area contributed by atoms with Crippen molar-refractivity contribution in [2.45, 2.75) is 148 Å². The van der Waals surface area contributed by atoms with Gasteiger partial charge in [0.25, 0.3) is 0 Å². The van der Waals surface area contributed by atoms with E-state index in [1.807, 2.05) is 36.4 Å². The first-order valence-corrected chi connectivity index (χ1v) is 22.0. The van der Waals surface area contributed by atoms with Gasteiger partial charge in [0.1, 0.15) is 23.7 Å². The fraction of sp³-hybridized carbons (Fsp3) is 0.587. The van der Waals surface area contributed by atoms with Crippen LogP contribution >= 0.6 is 0 Å². The third-order valence-corrected chi connectivity index (χ3v) is 9.87. The number of nitrogens with one attached hydrogen (secondary N) is 6. The summed E-state index contributed by atoms with van der Waals surface area (Å²) in [4.78, 5) is 88.2. The monoisotopic (exact) mass is 882 g/mol. The number of rotatable bonds is 29. The molecule has 0 saturated carbocycles. The SMILES string of the molecule is CCCCCCCC[C@H](N)CNCC[C@H](NC(=O)OC(C)(C)C)C(=O)N[C@H](Cc1ccc(-c2ccc(NC(C)=O)cc2)cc1)C(=O)NCC[C@@H](NC(=O)CCCC(=O)O)C(=O)OC. The number of hydrogen-bond donors (Lipinski definition) is 8. The van der Waals surface area contributed by atoms with Crippen LogP contribution in [0, 0.1) is 0 Å². The molecule has 2 aromatic rings. The molecule has 63 heavy (non-hydrogen) atoms. The standard InChI is InChI=1S/C46H71N7O10/c1-7-8-9-10-11-12-14-35(47)30-48-27-25-37(53-45(61)63-46(3,4)5)43(59)52-39(29-32-17-19-33(20-18-32)34-21-23-36(24-22-34)50-31(2)54)42(58)49-28-26-38(44(60)62-6)51-40(55)15-13-16-41(56)57/h17-24,35,37-39,48H,7-16,25-30,47H2,1-6H3,(H,49,58)(H,50,54)(H,51,55)(H,52,59)(H,53,61)(H,56,57)/t35-,37-,38+,39+/m0/s1. The number of esters is 1. The lowest BCUT2D eigenvalue weighted by Gasteiger charge is -2.26. The Labute approximate surface area is 372 Å². The van der Waals surface area contributed by atoms with Crippen LogP contribution in [0.1, 0.15) is 117 Å². The smallest absolute Gasteiger partial charge is 0.408 e. The molecule has 17 heteroatoms. The molecule has 0 aromatic heterocycles. The summed E-state index contributed by atoms with van der Waals surface area (Å²) in [6.45, 7) is 9.48. The molecule has 2 aromatic carbocycles. The van der Waals surface area contributed by atoms with Crippen molar-refractivity contribution in [2.75, 3.05) is 32.1 Å². The lowest BCUT2D eigenvalue weighted by Crippen LogP contribution is -2.55. The van der Waals surface area contributed by atoms with E-state index < -0.39 is 59.5 Å². The molecule has 0 bridgehead atoms. The lowest BCUT2D eigenvalue weighted by molar-refractivity contribution is -0.145. The minimum absolute atomic E-state index is 0.0464. The second kappa shape index (κ2) is 28.9. The quantitative estimate of drug-likeness (QED) is 0.0409. The predicted molar refractivity (Wildman–Crippen MR) is 241 cm³/mol. The highest BCUT2D eigenvalue weighted by Gasteiger charge is 2.29. The van der Waals surface area contributed by atoms with Gasteiger partial charge in [0, 0.05) is 51.0 Å². The fourth-order valence-electron chi connectivity index (χ4n) is 6.56. The zero-order chi connectivity index (χ0) is 46.8. The van der Waals surface area contributed by atoms with Crippen LogP contribution in [0.15, 0.2) is 48.5 Å². The molecule has 9 N–H and O–H groups in total. The molecule has 2 rings (SSSR count). The zero-order valence-electron chi connectivity index (χ0n) is 37.9. The summed E-state index contributed by atoms with van der Waals surface area (Å²) < 4.78 is 10.3. The number of hydrogen-bond acceptors (Lipinski definition) is 11. The van der Waals surface area contributed by atoms with E-state index in [2.05, 4.69) is 38.8 Å². The van der Waals surface area contributed by atoms with Gasteiger partial charge in [-0.1, -0.05) is 81.8 Å². The van der Waals surface area contributed by atoms with Gasteiger partial charge in [0.05, 0.1) is 7.11 Å². The van der Waals surface area contributed by atoms with Crippen LogP contribution in [0.2, 0.25) is 0 Å². The van der Waals surface area contributed by atoms with Crippen molar-refractivity contribution in [1.82, 2.24) is 26.6 Å². The first-order valence-electron chi connectivity index (χ1n) is 22.0. The van der Waals surface area contributed by atoms with E-state index >= 15 is 0 Å². The normalized spacial score (nSPS) is 13.1. The Kier molecular flexibility index (Phi) is 24.6. The van der Waals surface area contributed by atoms with Gasteiger partial charge in [-0.25, -0.2) is 9.59 Å². The number of ether oxygens (including phenoxy) is 2. The van der Waals surface area contributed by atoms with Crippen molar-refractivity contribution in [1.29, 1.82) is 0 Å². The number of carboxylic acid groups (broad SMARTS) is 1. The van der Waals surface area contributed by atoms with E-state index in [0.717, 1.165) is 37.5 Å². The largest absolute Gasteiger partial charge is 0.481 e. The van der Waals surface area contributed by atoms with Crippen molar-refractivity contribution in [3.8, 4) is 11.1 Å². The minimum atomic E-state index is -1.15. The molecule has 17 nitrogen and oxygen atoms in total. The van der Waals surface area contributed by atoms with Gasteiger partial charge in [0.2, 0.25) is 23.6 Å². The summed E-state index contributed by atoms with van der Waals surface area (Å²) in [6.07, 6.45) is 6.93. The van der Waals surface area contributed by atoms with Gasteiger partial charge >= 0.3 is 18.0 Å². The lowest BCUT2D eigenvalue weighted by atomic mass is 9.99. The Morgan fingerprint density at radius 2 is 1.33 bits per heavy atom. The Morgan fingerprint density at radius 3 is 1.94 bits per heavy atom. The molecular formula is C46H71N7O10. The first kappa shape index (κ1) is 53.6. The molecule has 0 radical (unpaired) electrons. The number of unbranched alkanes of at least 4 members (excludes halogenated alkanes) is 5. The van der Waals surface area contributed by atoms with Crippen LogP contribution in [0.3, 0.4) is 0 Å². The van der Waals surface area contributed by atoms with Gasteiger partial charge in [0.15, 0.2) is 0 Å². The summed E-state index contributed by atoms with van der Waals surface area (Å²) in [5.41, 5.74) is 8.64. The number of benzene rings is 2. The summed E-state index contributed by atoms with van der Waals surface area (Å²) in [6, 6.07) is 11.3. The number of nitrogens with two attached hydrogens (primary N) is 1. The summed E-state index contributed by atoms with van der Waals surface area (Å²) in [5, 5.41) is 25.7. The summed E-state index contributed by atoms with van der Waals surface area (Å²) in [5.74, 6) is -3.75. The number of anilines is 1. The number of methoxy groups -OCH3 is 1. The molecule has 0 heterocycles. The average Bonchev–Trinajstić information content (AvgIpc) is 3.21. The third kappa shape index (κ3) is 23.5. The van der Waals surface area contributed by atoms with Gasteiger partial charge in [-0.2, -0.15) is 0 Å². The highest BCUT2D eigenvalue weighted by atomic mass is 16.6. The van der Waals surface area contributed by atoms with E-state index in [9.17, 15) is 33.6 Å². The summed E-state index contributed by atoms with van der Waals surface area (Å²) >= 11 is 0. The van der Waals surface area contributed by atoms with Crippen LogP contribution in [0.4, 0.5) is 10.5 Å². The minimum Gasteiger partial charge on any atom is -0.481 e. The Balaban J connectivity index is 2.26. The van der Waals surface area contributed by atoms with Gasteiger partial charge < -0.3 is 52.2 Å². The first-order chi connectivity index (χ1) is 29.9. The molecule has 0 aliphatic heterocycles. The van der Waals surface area contributed by atoms with E-state index in [1.54, 1.807) is 32.9 Å². The number of carbonyl (C=O) groups is 7. The second-order valence-corrected chi connectivity index (χ2v) is 16.7. The maximum Gasteiger partial charge on any atom is 0.408 e. The molecule has 0 fully saturated rings. The third-order valence-electron chi connectivity index (χ3n) is 9.87. The molecule has 5 amide bonds. The van der Waals surface area contributed by atoms with Crippen molar-refractivity contribution in [3.63, 3.8) is 0 Å². The number of alkyl carbamates (subject to hydrolysis) is 1. The molecule has 0 unspecified atom stereocenters. The molecule has 4 atom stereocenters. The topological polar surface area (TPSA) is 256 Å². The van der Waals surface area contributed by atoms with Crippen LogP contribution in [-0.2, 0) is 44.7 Å². The fourth-order valence-corrected chi connectivity index (χ4v) is 6.56. The summed E-state index contributed by atoms with van der Waals surface area (Å²) in [7, 11) is 1.16. The molecule has 0 spiro atoms. The highest BCUT2D eigenvalue weighted by molar-refractivity contribution is 5.92. The molecule has 350 valence electrons. The van der Waals surface area contributed by atoms with E-state index in [0.29, 0.717) is 24.3 Å². The van der Waals surface area contributed by atoms with Crippen molar-refractivity contribution in [2.24, 2.45) is 5.73 Å². The second-order valence-electron chi connectivity index (χ2n) is 16.7. The van der Waals surface area contributed by atoms with Crippen molar-refractivity contribution < 1.29 is 48.1 Å². The number of amides is 5. The maximum atomic E-state index is 14.0. The van der Waals surface area contributed by atoms with Crippen LogP contribution in [0.25, 0.3) is 11.1 Å².